The van der Waals surface area contributed by atoms with E-state index in [0.29, 0.717) is 29.1 Å². The Kier molecular flexibility index (Phi) is 4.46. The molecule has 0 radical (unpaired) electrons. The van der Waals surface area contributed by atoms with Gasteiger partial charge in [0.05, 0.1) is 11.3 Å². The number of anilines is 1. The van der Waals surface area contributed by atoms with Crippen LogP contribution in [0.3, 0.4) is 0 Å². The molecule has 0 heterocycles. The highest BCUT2D eigenvalue weighted by Gasteiger charge is 2.24. The lowest BCUT2D eigenvalue weighted by Crippen LogP contribution is -2.36. The minimum Gasteiger partial charge on any atom is -0.381 e. The van der Waals surface area contributed by atoms with Gasteiger partial charge in [0.2, 0.25) is 0 Å². The van der Waals surface area contributed by atoms with Gasteiger partial charge in [-0.15, -0.1) is 0 Å². The molecular weight excluding hydrogens is 246 g/mol. The molecule has 1 saturated carbocycles. The molecular formula is C14H18ClN3. The lowest BCUT2D eigenvalue weighted by molar-refractivity contribution is 0.332. The van der Waals surface area contributed by atoms with Crippen LogP contribution >= 0.6 is 11.6 Å². The monoisotopic (exact) mass is 263 g/mol. The molecule has 3 nitrogen and oxygen atoms in total. The minimum atomic E-state index is 0.372. The summed E-state index contributed by atoms with van der Waals surface area (Å²) in [5.41, 5.74) is 7.28. The van der Waals surface area contributed by atoms with E-state index in [9.17, 15) is 0 Å². The van der Waals surface area contributed by atoms with Gasteiger partial charge in [0, 0.05) is 11.1 Å². The van der Waals surface area contributed by atoms with Crippen LogP contribution in [0.15, 0.2) is 18.2 Å². The summed E-state index contributed by atoms with van der Waals surface area (Å²) in [6, 6.07) is 7.94. The Hall–Kier alpha value is -1.24. The molecule has 0 amide bonds. The van der Waals surface area contributed by atoms with Crippen LogP contribution in [0.1, 0.15) is 31.2 Å². The van der Waals surface area contributed by atoms with Gasteiger partial charge in [-0.05, 0) is 43.5 Å². The van der Waals surface area contributed by atoms with Crippen LogP contribution in [-0.2, 0) is 0 Å². The molecule has 1 aromatic carbocycles. The Morgan fingerprint density at radius 1 is 1.39 bits per heavy atom. The first-order valence-corrected chi connectivity index (χ1v) is 6.78. The number of hydrogen-bond donors (Lipinski definition) is 2. The Bertz CT molecular complexity index is 453. The van der Waals surface area contributed by atoms with Crippen LogP contribution in [0.4, 0.5) is 5.69 Å². The maximum absolute atomic E-state index is 9.12. The van der Waals surface area contributed by atoms with Crippen molar-refractivity contribution in [3.05, 3.63) is 28.8 Å². The highest BCUT2D eigenvalue weighted by molar-refractivity contribution is 6.30. The summed E-state index contributed by atoms with van der Waals surface area (Å²) in [6.07, 6.45) is 4.77. The van der Waals surface area contributed by atoms with Crippen LogP contribution in [0.25, 0.3) is 0 Å². The first-order chi connectivity index (χ1) is 8.74. The van der Waals surface area contributed by atoms with Crippen LogP contribution in [0, 0.1) is 17.2 Å². The summed E-state index contributed by atoms with van der Waals surface area (Å²) in [5, 5.41) is 13.2. The van der Waals surface area contributed by atoms with Crippen molar-refractivity contribution in [1.82, 2.24) is 0 Å². The average Bonchev–Trinajstić information content (AvgIpc) is 2.41. The first-order valence-electron chi connectivity index (χ1n) is 6.41. The first kappa shape index (κ1) is 13.2. The predicted molar refractivity (Wildman–Crippen MR) is 74.6 cm³/mol. The van der Waals surface area contributed by atoms with E-state index in [4.69, 9.17) is 22.6 Å². The van der Waals surface area contributed by atoms with E-state index in [2.05, 4.69) is 11.4 Å². The van der Waals surface area contributed by atoms with E-state index in [1.807, 2.05) is 12.1 Å². The summed E-state index contributed by atoms with van der Waals surface area (Å²) in [7, 11) is 0. The molecule has 4 heteroatoms. The predicted octanol–water partition coefficient (Wildman–Crippen LogP) is 3.14. The highest BCUT2D eigenvalue weighted by atomic mass is 35.5. The summed E-state index contributed by atoms with van der Waals surface area (Å²) in [6.45, 7) is 0.702. The van der Waals surface area contributed by atoms with Crippen LogP contribution < -0.4 is 11.1 Å². The SMILES string of the molecule is N#Cc1cc(Cl)ccc1NC1CCCCC1CN. The number of halogens is 1. The van der Waals surface area contributed by atoms with Crippen molar-refractivity contribution in [3.8, 4) is 6.07 Å². The standard InChI is InChI=1S/C14H18ClN3/c15-12-5-6-14(11(7-12)9-17)18-13-4-2-1-3-10(13)8-16/h5-7,10,13,18H,1-4,8,16H2. The summed E-state index contributed by atoms with van der Waals surface area (Å²) >= 11 is 5.90. The lowest BCUT2D eigenvalue weighted by atomic mass is 9.84. The minimum absolute atomic E-state index is 0.372. The zero-order valence-electron chi connectivity index (χ0n) is 10.3. The Morgan fingerprint density at radius 2 is 2.17 bits per heavy atom. The van der Waals surface area contributed by atoms with Crippen molar-refractivity contribution in [3.63, 3.8) is 0 Å². The van der Waals surface area contributed by atoms with Crippen molar-refractivity contribution < 1.29 is 0 Å². The van der Waals surface area contributed by atoms with E-state index >= 15 is 0 Å². The molecule has 0 bridgehead atoms. The smallest absolute Gasteiger partial charge is 0.101 e. The fourth-order valence-corrected chi connectivity index (χ4v) is 2.79. The molecule has 0 saturated heterocycles. The number of nitrogens with one attached hydrogen (secondary N) is 1. The summed E-state index contributed by atoms with van der Waals surface area (Å²) in [4.78, 5) is 0. The Balaban J connectivity index is 2.15. The number of rotatable bonds is 3. The quantitative estimate of drug-likeness (QED) is 0.881. The van der Waals surface area contributed by atoms with Gasteiger partial charge in [-0.2, -0.15) is 5.26 Å². The molecule has 3 N–H and O–H groups in total. The number of benzene rings is 1. The molecule has 18 heavy (non-hydrogen) atoms. The Labute approximate surface area is 113 Å². The third-order valence-corrected chi connectivity index (χ3v) is 3.89. The number of nitrogens with zero attached hydrogens (tertiary/aromatic N) is 1. The average molecular weight is 264 g/mol. The molecule has 0 spiro atoms. The fraction of sp³-hybridized carbons (Fsp3) is 0.500. The molecule has 1 aliphatic carbocycles. The van der Waals surface area contributed by atoms with Crippen LogP contribution in [-0.4, -0.2) is 12.6 Å². The van der Waals surface area contributed by atoms with Crippen molar-refractivity contribution >= 4 is 17.3 Å². The van der Waals surface area contributed by atoms with Gasteiger partial charge < -0.3 is 11.1 Å². The second kappa shape index (κ2) is 6.08. The summed E-state index contributed by atoms with van der Waals surface area (Å²) < 4.78 is 0. The molecule has 1 fully saturated rings. The van der Waals surface area contributed by atoms with Crippen molar-refractivity contribution in [2.75, 3.05) is 11.9 Å². The zero-order chi connectivity index (χ0) is 13.0. The molecule has 2 atom stereocenters. The van der Waals surface area contributed by atoms with Crippen LogP contribution in [0.5, 0.6) is 0 Å². The molecule has 96 valence electrons. The topological polar surface area (TPSA) is 61.8 Å². The van der Waals surface area contributed by atoms with Gasteiger partial charge in [-0.25, -0.2) is 0 Å². The van der Waals surface area contributed by atoms with E-state index in [-0.39, 0.29) is 0 Å². The zero-order valence-corrected chi connectivity index (χ0v) is 11.1. The molecule has 2 unspecified atom stereocenters. The van der Waals surface area contributed by atoms with E-state index in [1.165, 1.54) is 19.3 Å². The van der Waals surface area contributed by atoms with E-state index < -0.39 is 0 Å². The number of nitrogens with two attached hydrogens (primary N) is 1. The van der Waals surface area contributed by atoms with Gasteiger partial charge in [0.25, 0.3) is 0 Å². The van der Waals surface area contributed by atoms with Gasteiger partial charge in [-0.1, -0.05) is 24.4 Å². The number of nitriles is 1. The fourth-order valence-electron chi connectivity index (χ4n) is 2.61. The maximum atomic E-state index is 9.12. The third-order valence-electron chi connectivity index (χ3n) is 3.65. The van der Waals surface area contributed by atoms with Gasteiger partial charge in [-0.3, -0.25) is 0 Å². The second-order valence-corrected chi connectivity index (χ2v) is 5.27. The van der Waals surface area contributed by atoms with Crippen molar-refractivity contribution in [2.45, 2.75) is 31.7 Å². The van der Waals surface area contributed by atoms with Gasteiger partial charge >= 0.3 is 0 Å². The largest absolute Gasteiger partial charge is 0.381 e. The van der Waals surface area contributed by atoms with Gasteiger partial charge in [0.1, 0.15) is 6.07 Å². The second-order valence-electron chi connectivity index (χ2n) is 4.83. The molecule has 2 rings (SSSR count). The van der Waals surface area contributed by atoms with Gasteiger partial charge in [0.15, 0.2) is 0 Å². The molecule has 1 aromatic rings. The number of hydrogen-bond acceptors (Lipinski definition) is 3. The van der Waals surface area contributed by atoms with Crippen molar-refractivity contribution in [1.29, 1.82) is 5.26 Å². The van der Waals surface area contributed by atoms with Crippen molar-refractivity contribution in [2.24, 2.45) is 11.7 Å². The molecule has 1 aliphatic rings. The van der Waals surface area contributed by atoms with E-state index in [1.54, 1.807) is 6.07 Å². The van der Waals surface area contributed by atoms with E-state index in [0.717, 1.165) is 12.1 Å². The van der Waals surface area contributed by atoms with Crippen LogP contribution in [0.2, 0.25) is 5.02 Å². The lowest BCUT2D eigenvalue weighted by Gasteiger charge is -2.32. The molecule has 0 aliphatic heterocycles. The maximum Gasteiger partial charge on any atom is 0.101 e. The Morgan fingerprint density at radius 3 is 2.89 bits per heavy atom. The highest BCUT2D eigenvalue weighted by Crippen LogP contribution is 2.28. The third kappa shape index (κ3) is 2.95. The summed E-state index contributed by atoms with van der Waals surface area (Å²) in [5.74, 6) is 0.501. The normalized spacial score (nSPS) is 23.4. The molecule has 0 aromatic heterocycles.